The van der Waals surface area contributed by atoms with Crippen LogP contribution in [0.2, 0.25) is 0 Å². The number of carbonyl (C=O) groups excluding carboxylic acids is 1. The number of sulfone groups is 1. The SMILES string of the molecule is Cc1c(C(Nc2ccc(C(=O)N(C)CCC(=O)O)cc2)C2CCCCC2)oc2ccc(OC3CCS(=O)(=O)CC3)cc12. The molecular formula is C32H40N2O7S. The van der Waals surface area contributed by atoms with Crippen molar-refractivity contribution in [1.29, 1.82) is 0 Å². The van der Waals surface area contributed by atoms with E-state index in [0.717, 1.165) is 46.6 Å². The zero-order valence-electron chi connectivity index (χ0n) is 24.3. The summed E-state index contributed by atoms with van der Waals surface area (Å²) >= 11 is 0. The van der Waals surface area contributed by atoms with E-state index in [1.807, 2.05) is 30.3 Å². The molecule has 226 valence electrons. The number of hydrogen-bond donors (Lipinski definition) is 2. The van der Waals surface area contributed by atoms with Crippen molar-refractivity contribution in [2.24, 2.45) is 5.92 Å². The molecule has 0 spiro atoms. The van der Waals surface area contributed by atoms with Crippen LogP contribution in [0, 0.1) is 12.8 Å². The van der Waals surface area contributed by atoms with Crippen LogP contribution in [0.3, 0.4) is 0 Å². The average Bonchev–Trinajstić information content (AvgIpc) is 3.31. The highest BCUT2D eigenvalue weighted by atomic mass is 32.2. The minimum atomic E-state index is -2.95. The van der Waals surface area contributed by atoms with Crippen LogP contribution >= 0.6 is 0 Å². The molecule has 9 nitrogen and oxygen atoms in total. The first kappa shape index (κ1) is 29.9. The highest BCUT2D eigenvalue weighted by Crippen LogP contribution is 2.41. The highest BCUT2D eigenvalue weighted by Gasteiger charge is 2.30. The van der Waals surface area contributed by atoms with Crippen molar-refractivity contribution in [3.05, 3.63) is 59.4 Å². The van der Waals surface area contributed by atoms with E-state index in [1.165, 1.54) is 24.2 Å². The molecule has 42 heavy (non-hydrogen) atoms. The second-order valence-corrected chi connectivity index (χ2v) is 14.0. The highest BCUT2D eigenvalue weighted by molar-refractivity contribution is 7.91. The number of hydrogen-bond acceptors (Lipinski definition) is 7. The molecule has 3 aromatic rings. The Labute approximate surface area is 247 Å². The number of aryl methyl sites for hydroxylation is 1. The quantitative estimate of drug-likeness (QED) is 0.293. The summed E-state index contributed by atoms with van der Waals surface area (Å²) in [4.78, 5) is 25.0. The van der Waals surface area contributed by atoms with Crippen LogP contribution < -0.4 is 10.1 Å². The van der Waals surface area contributed by atoms with Gasteiger partial charge in [-0.15, -0.1) is 0 Å². The molecule has 5 rings (SSSR count). The molecule has 0 radical (unpaired) electrons. The lowest BCUT2D eigenvalue weighted by molar-refractivity contribution is -0.137. The maximum absolute atomic E-state index is 12.7. The predicted molar refractivity (Wildman–Crippen MR) is 162 cm³/mol. The maximum Gasteiger partial charge on any atom is 0.305 e. The van der Waals surface area contributed by atoms with E-state index >= 15 is 0 Å². The van der Waals surface area contributed by atoms with E-state index in [1.54, 1.807) is 19.2 Å². The number of fused-ring (bicyclic) bond motifs is 1. The third-order valence-electron chi connectivity index (χ3n) is 8.61. The number of carboxylic acid groups (broad SMARTS) is 1. The zero-order valence-corrected chi connectivity index (χ0v) is 25.1. The van der Waals surface area contributed by atoms with Crippen LogP contribution in [-0.4, -0.2) is 61.5 Å². The van der Waals surface area contributed by atoms with Crippen molar-refractivity contribution in [1.82, 2.24) is 4.90 Å². The summed E-state index contributed by atoms with van der Waals surface area (Å²) in [6, 6.07) is 13.1. The average molecular weight is 597 g/mol. The molecule has 1 aliphatic carbocycles. The first-order valence-electron chi connectivity index (χ1n) is 14.8. The van der Waals surface area contributed by atoms with Crippen molar-refractivity contribution in [2.75, 3.05) is 30.4 Å². The predicted octanol–water partition coefficient (Wildman–Crippen LogP) is 5.98. The van der Waals surface area contributed by atoms with E-state index in [9.17, 15) is 18.0 Å². The zero-order chi connectivity index (χ0) is 29.9. The van der Waals surface area contributed by atoms with Crippen molar-refractivity contribution >= 4 is 38.4 Å². The van der Waals surface area contributed by atoms with Gasteiger partial charge in [0.2, 0.25) is 0 Å². The second-order valence-electron chi connectivity index (χ2n) is 11.7. The molecular weight excluding hydrogens is 556 g/mol. The molecule has 1 unspecified atom stereocenters. The Morgan fingerprint density at radius 3 is 2.40 bits per heavy atom. The van der Waals surface area contributed by atoms with Crippen LogP contribution in [0.5, 0.6) is 5.75 Å². The lowest BCUT2D eigenvalue weighted by Gasteiger charge is -2.31. The molecule has 1 aliphatic heterocycles. The topological polar surface area (TPSA) is 126 Å². The van der Waals surface area contributed by atoms with Gasteiger partial charge in [-0.05, 0) is 81.0 Å². The van der Waals surface area contributed by atoms with Gasteiger partial charge in [0.05, 0.1) is 24.0 Å². The Hall–Kier alpha value is -3.53. The van der Waals surface area contributed by atoms with E-state index < -0.39 is 15.8 Å². The molecule has 2 N–H and O–H groups in total. The first-order valence-corrected chi connectivity index (χ1v) is 16.7. The fourth-order valence-corrected chi connectivity index (χ4v) is 7.55. The molecule has 2 aromatic carbocycles. The van der Waals surface area contributed by atoms with Gasteiger partial charge < -0.3 is 24.5 Å². The van der Waals surface area contributed by atoms with Gasteiger partial charge in [-0.25, -0.2) is 8.42 Å². The fourth-order valence-electron chi connectivity index (χ4n) is 6.11. The first-order chi connectivity index (χ1) is 20.1. The molecule has 2 fully saturated rings. The van der Waals surface area contributed by atoms with E-state index in [-0.39, 0.29) is 42.5 Å². The number of ether oxygens (including phenoxy) is 1. The Bertz CT molecular complexity index is 1510. The number of anilines is 1. The number of benzene rings is 2. The number of amides is 1. The van der Waals surface area contributed by atoms with Crippen molar-refractivity contribution in [3.8, 4) is 5.75 Å². The summed E-state index contributed by atoms with van der Waals surface area (Å²) in [7, 11) is -1.34. The van der Waals surface area contributed by atoms with Crippen molar-refractivity contribution in [3.63, 3.8) is 0 Å². The summed E-state index contributed by atoms with van der Waals surface area (Å²) in [5, 5.41) is 13.6. The number of rotatable bonds is 10. The fraction of sp³-hybridized carbons (Fsp3) is 0.500. The van der Waals surface area contributed by atoms with Gasteiger partial charge in [0, 0.05) is 35.8 Å². The molecule has 2 heterocycles. The van der Waals surface area contributed by atoms with Crippen LogP contribution in [-0.2, 0) is 14.6 Å². The monoisotopic (exact) mass is 596 g/mol. The normalized spacial score (nSPS) is 18.4. The summed E-state index contributed by atoms with van der Waals surface area (Å²) < 4.78 is 36.3. The van der Waals surface area contributed by atoms with Crippen molar-refractivity contribution in [2.45, 2.75) is 70.4 Å². The second kappa shape index (κ2) is 12.8. The van der Waals surface area contributed by atoms with Gasteiger partial charge in [0.25, 0.3) is 5.91 Å². The minimum absolute atomic E-state index is 0.0505. The van der Waals surface area contributed by atoms with Crippen LogP contribution in [0.4, 0.5) is 5.69 Å². The Balaban J connectivity index is 1.35. The van der Waals surface area contributed by atoms with E-state index in [2.05, 4.69) is 12.2 Å². The lowest BCUT2D eigenvalue weighted by atomic mass is 9.82. The number of nitrogens with one attached hydrogen (secondary N) is 1. The lowest BCUT2D eigenvalue weighted by Crippen LogP contribution is -2.30. The van der Waals surface area contributed by atoms with E-state index in [4.69, 9.17) is 14.3 Å². The Morgan fingerprint density at radius 1 is 1.05 bits per heavy atom. The van der Waals surface area contributed by atoms with E-state index in [0.29, 0.717) is 24.3 Å². The van der Waals surface area contributed by atoms with Gasteiger partial charge in [-0.3, -0.25) is 9.59 Å². The summed E-state index contributed by atoms with van der Waals surface area (Å²) in [6.45, 7) is 2.23. The number of nitrogens with zero attached hydrogens (tertiary/aromatic N) is 1. The Morgan fingerprint density at radius 2 is 1.74 bits per heavy atom. The number of aliphatic carboxylic acids is 1. The number of carboxylic acids is 1. The third-order valence-corrected chi connectivity index (χ3v) is 10.3. The molecule has 1 saturated carbocycles. The third kappa shape index (κ3) is 7.09. The standard InChI is InChI=1S/C32H40N2O7S/c1-21-27-20-26(40-25-15-18-42(38,39)19-16-25)12-13-28(27)41-31(21)30(22-6-4-3-5-7-22)33-24-10-8-23(9-11-24)32(37)34(2)17-14-29(35)36/h8-13,20,22,25,30,33H,3-7,14-19H2,1-2H3,(H,35,36). The summed E-state index contributed by atoms with van der Waals surface area (Å²) in [5.41, 5.74) is 3.22. The van der Waals surface area contributed by atoms with Crippen molar-refractivity contribution < 1.29 is 32.3 Å². The van der Waals surface area contributed by atoms with Gasteiger partial charge >= 0.3 is 5.97 Å². The smallest absolute Gasteiger partial charge is 0.305 e. The molecule has 1 aromatic heterocycles. The number of carbonyl (C=O) groups is 2. The molecule has 1 atom stereocenters. The van der Waals surface area contributed by atoms with Crippen LogP contribution in [0.15, 0.2) is 46.9 Å². The van der Waals surface area contributed by atoms with Gasteiger partial charge in [-0.1, -0.05) is 19.3 Å². The van der Waals surface area contributed by atoms with Crippen LogP contribution in [0.25, 0.3) is 11.0 Å². The van der Waals surface area contributed by atoms with Crippen LogP contribution in [0.1, 0.15) is 79.1 Å². The van der Waals surface area contributed by atoms with Gasteiger partial charge in [-0.2, -0.15) is 0 Å². The molecule has 1 saturated heterocycles. The molecule has 2 aliphatic rings. The molecule has 10 heteroatoms. The van der Waals surface area contributed by atoms with Gasteiger partial charge in [0.15, 0.2) is 9.84 Å². The molecule has 0 bridgehead atoms. The molecule has 1 amide bonds. The largest absolute Gasteiger partial charge is 0.490 e. The van der Waals surface area contributed by atoms with Gasteiger partial charge in [0.1, 0.15) is 23.2 Å². The summed E-state index contributed by atoms with van der Waals surface area (Å²) in [5.74, 6) is 1.19. The maximum atomic E-state index is 12.7. The summed E-state index contributed by atoms with van der Waals surface area (Å²) in [6.07, 6.45) is 6.58. The number of furan rings is 1. The Kier molecular flexibility index (Phi) is 9.11. The minimum Gasteiger partial charge on any atom is -0.490 e.